The van der Waals surface area contributed by atoms with Crippen molar-refractivity contribution >= 4 is 0 Å². The molecule has 0 N–H and O–H groups in total. The third kappa shape index (κ3) is 0.719. The standard InChI is InChI=1S/C7H5NO2/c1-2-9-4-6(1)7-3-8-10-5-7/h1-5H. The molecule has 0 aliphatic heterocycles. The molecular formula is C7H5NO2. The SMILES string of the molecule is c1cc(-c2cnoc2)co1. The normalized spacial score (nSPS) is 10.0. The molecular weight excluding hydrogens is 130 g/mol. The second kappa shape index (κ2) is 2.02. The molecule has 2 heterocycles. The molecule has 0 spiro atoms. The van der Waals surface area contributed by atoms with E-state index >= 15 is 0 Å². The van der Waals surface area contributed by atoms with Gasteiger partial charge in [0.25, 0.3) is 0 Å². The monoisotopic (exact) mass is 135 g/mol. The zero-order valence-corrected chi connectivity index (χ0v) is 5.15. The highest BCUT2D eigenvalue weighted by Gasteiger charge is 1.98. The quantitative estimate of drug-likeness (QED) is 0.599. The number of rotatable bonds is 1. The van der Waals surface area contributed by atoms with Gasteiger partial charge in [-0.25, -0.2) is 0 Å². The van der Waals surface area contributed by atoms with E-state index in [4.69, 9.17) is 4.42 Å². The van der Waals surface area contributed by atoms with Crippen LogP contribution in [0.2, 0.25) is 0 Å². The van der Waals surface area contributed by atoms with Gasteiger partial charge in [0.15, 0.2) is 0 Å². The maximum atomic E-state index is 4.87. The topological polar surface area (TPSA) is 39.2 Å². The Morgan fingerprint density at radius 2 is 2.20 bits per heavy atom. The summed E-state index contributed by atoms with van der Waals surface area (Å²) in [5, 5.41) is 3.56. The van der Waals surface area contributed by atoms with Crippen molar-refractivity contribution in [3.05, 3.63) is 31.1 Å². The van der Waals surface area contributed by atoms with Gasteiger partial charge in [0.1, 0.15) is 6.26 Å². The largest absolute Gasteiger partial charge is 0.472 e. The number of aromatic nitrogens is 1. The van der Waals surface area contributed by atoms with Crippen molar-refractivity contribution < 1.29 is 8.94 Å². The number of furan rings is 1. The molecule has 0 unspecified atom stereocenters. The van der Waals surface area contributed by atoms with E-state index in [1.54, 1.807) is 25.0 Å². The van der Waals surface area contributed by atoms with E-state index in [1.165, 1.54) is 0 Å². The van der Waals surface area contributed by atoms with Gasteiger partial charge >= 0.3 is 0 Å². The maximum Gasteiger partial charge on any atom is 0.131 e. The van der Waals surface area contributed by atoms with E-state index in [9.17, 15) is 0 Å². The summed E-state index contributed by atoms with van der Waals surface area (Å²) in [6.45, 7) is 0. The summed E-state index contributed by atoms with van der Waals surface area (Å²) in [6.07, 6.45) is 6.48. The number of hydrogen-bond donors (Lipinski definition) is 0. The van der Waals surface area contributed by atoms with Crippen LogP contribution < -0.4 is 0 Å². The van der Waals surface area contributed by atoms with E-state index in [1.807, 2.05) is 6.07 Å². The molecule has 3 nitrogen and oxygen atoms in total. The van der Waals surface area contributed by atoms with E-state index in [2.05, 4.69) is 9.68 Å². The van der Waals surface area contributed by atoms with Crippen LogP contribution >= 0.6 is 0 Å². The summed E-state index contributed by atoms with van der Waals surface area (Å²) >= 11 is 0. The third-order valence-electron chi connectivity index (χ3n) is 1.29. The molecule has 0 aromatic carbocycles. The fourth-order valence-electron chi connectivity index (χ4n) is 0.776. The molecule has 3 heteroatoms. The Kier molecular flexibility index (Phi) is 1.07. The Labute approximate surface area is 57.2 Å². The van der Waals surface area contributed by atoms with Crippen LogP contribution in [0.5, 0.6) is 0 Å². The molecule has 2 aromatic heterocycles. The van der Waals surface area contributed by atoms with Gasteiger partial charge in [-0.2, -0.15) is 0 Å². The molecule has 0 fully saturated rings. The Morgan fingerprint density at radius 1 is 1.20 bits per heavy atom. The van der Waals surface area contributed by atoms with Crippen LogP contribution in [0, 0.1) is 0 Å². The molecule has 2 aromatic rings. The Bertz CT molecular complexity index is 251. The summed E-state index contributed by atoms with van der Waals surface area (Å²) in [4.78, 5) is 0. The first kappa shape index (κ1) is 5.29. The maximum absolute atomic E-state index is 4.87. The van der Waals surface area contributed by atoms with Crippen molar-refractivity contribution in [3.63, 3.8) is 0 Å². The summed E-state index contributed by atoms with van der Waals surface area (Å²) in [5.74, 6) is 0. The van der Waals surface area contributed by atoms with Gasteiger partial charge in [-0.3, -0.25) is 0 Å². The minimum absolute atomic E-state index is 0.939. The zero-order chi connectivity index (χ0) is 6.81. The predicted molar refractivity (Wildman–Crippen MR) is 34.2 cm³/mol. The second-order valence-corrected chi connectivity index (χ2v) is 1.93. The molecule has 50 valence electrons. The average Bonchev–Trinajstić information content (AvgIpc) is 2.59. The molecule has 10 heavy (non-hydrogen) atoms. The summed E-state index contributed by atoms with van der Waals surface area (Å²) in [6, 6.07) is 1.85. The summed E-state index contributed by atoms with van der Waals surface area (Å²) in [5.41, 5.74) is 1.93. The lowest BCUT2D eigenvalue weighted by atomic mass is 10.2. The van der Waals surface area contributed by atoms with Crippen molar-refractivity contribution in [2.24, 2.45) is 0 Å². The van der Waals surface area contributed by atoms with Crippen molar-refractivity contribution in [2.75, 3.05) is 0 Å². The minimum Gasteiger partial charge on any atom is -0.472 e. The molecule has 0 aliphatic carbocycles. The smallest absolute Gasteiger partial charge is 0.131 e. The van der Waals surface area contributed by atoms with Crippen LogP contribution in [0.1, 0.15) is 0 Å². The van der Waals surface area contributed by atoms with Crippen molar-refractivity contribution in [1.82, 2.24) is 5.16 Å². The fourth-order valence-corrected chi connectivity index (χ4v) is 0.776. The van der Waals surface area contributed by atoms with Gasteiger partial charge in [-0.05, 0) is 6.07 Å². The molecule has 0 saturated heterocycles. The number of hydrogen-bond acceptors (Lipinski definition) is 3. The lowest BCUT2D eigenvalue weighted by molar-refractivity contribution is 0.420. The number of nitrogens with zero attached hydrogens (tertiary/aromatic N) is 1. The lowest BCUT2D eigenvalue weighted by Crippen LogP contribution is -1.62. The van der Waals surface area contributed by atoms with Crippen LogP contribution in [0.3, 0.4) is 0 Å². The Morgan fingerprint density at radius 3 is 2.80 bits per heavy atom. The van der Waals surface area contributed by atoms with Gasteiger partial charge in [0.2, 0.25) is 0 Å². The van der Waals surface area contributed by atoms with Crippen molar-refractivity contribution in [2.45, 2.75) is 0 Å². The molecule has 0 aliphatic rings. The molecule has 0 saturated carbocycles. The first-order valence-electron chi connectivity index (χ1n) is 2.89. The fraction of sp³-hybridized carbons (Fsp3) is 0. The van der Waals surface area contributed by atoms with Crippen LogP contribution in [-0.2, 0) is 0 Å². The Hall–Kier alpha value is -1.51. The molecule has 0 atom stereocenters. The van der Waals surface area contributed by atoms with Crippen molar-refractivity contribution in [3.8, 4) is 11.1 Å². The van der Waals surface area contributed by atoms with Crippen LogP contribution in [0.4, 0.5) is 0 Å². The predicted octanol–water partition coefficient (Wildman–Crippen LogP) is 1.93. The zero-order valence-electron chi connectivity index (χ0n) is 5.15. The van der Waals surface area contributed by atoms with Gasteiger partial charge < -0.3 is 8.94 Å². The lowest BCUT2D eigenvalue weighted by Gasteiger charge is -1.80. The van der Waals surface area contributed by atoms with Gasteiger partial charge in [0, 0.05) is 11.1 Å². The third-order valence-corrected chi connectivity index (χ3v) is 1.29. The van der Waals surface area contributed by atoms with Crippen LogP contribution in [0.15, 0.2) is 40.0 Å². The van der Waals surface area contributed by atoms with Crippen LogP contribution in [0.25, 0.3) is 11.1 Å². The second-order valence-electron chi connectivity index (χ2n) is 1.93. The molecule has 0 amide bonds. The highest BCUT2D eigenvalue weighted by atomic mass is 16.5. The molecule has 2 rings (SSSR count). The highest BCUT2D eigenvalue weighted by molar-refractivity contribution is 5.58. The van der Waals surface area contributed by atoms with Gasteiger partial charge in [-0.15, -0.1) is 0 Å². The highest BCUT2D eigenvalue weighted by Crippen LogP contribution is 2.17. The first-order valence-corrected chi connectivity index (χ1v) is 2.89. The summed E-state index contributed by atoms with van der Waals surface area (Å²) in [7, 11) is 0. The average molecular weight is 135 g/mol. The van der Waals surface area contributed by atoms with Gasteiger partial charge in [0.05, 0.1) is 18.7 Å². The van der Waals surface area contributed by atoms with E-state index in [-0.39, 0.29) is 0 Å². The van der Waals surface area contributed by atoms with E-state index in [0.29, 0.717) is 0 Å². The molecule has 0 radical (unpaired) electrons. The van der Waals surface area contributed by atoms with E-state index in [0.717, 1.165) is 11.1 Å². The van der Waals surface area contributed by atoms with Gasteiger partial charge in [-0.1, -0.05) is 5.16 Å². The summed E-state index contributed by atoms with van der Waals surface area (Å²) < 4.78 is 9.52. The van der Waals surface area contributed by atoms with Crippen molar-refractivity contribution in [1.29, 1.82) is 0 Å². The van der Waals surface area contributed by atoms with Crippen LogP contribution in [-0.4, -0.2) is 5.16 Å². The van der Waals surface area contributed by atoms with E-state index < -0.39 is 0 Å². The minimum atomic E-state index is 0.939. The first-order chi connectivity index (χ1) is 4.97. The Balaban J connectivity index is 2.48. The molecule has 0 bridgehead atoms.